The van der Waals surface area contributed by atoms with Gasteiger partial charge < -0.3 is 9.84 Å². The van der Waals surface area contributed by atoms with Crippen LogP contribution in [0.25, 0.3) is 11.4 Å². The molecule has 0 aliphatic rings. The van der Waals surface area contributed by atoms with Crippen molar-refractivity contribution in [2.45, 2.75) is 25.7 Å². The van der Waals surface area contributed by atoms with Crippen LogP contribution in [0.15, 0.2) is 85.2 Å². The Labute approximate surface area is 191 Å². The molecule has 0 saturated heterocycles. The summed E-state index contributed by atoms with van der Waals surface area (Å²) in [6.45, 7) is 2.36. The maximum atomic E-state index is 10.8. The summed E-state index contributed by atoms with van der Waals surface area (Å²) in [7, 11) is 0. The molecule has 2 atom stereocenters. The zero-order valence-electron chi connectivity index (χ0n) is 18.1. The number of nitrogens with zero attached hydrogens (tertiary/aromatic N) is 4. The van der Waals surface area contributed by atoms with E-state index in [4.69, 9.17) is 4.74 Å². The molecule has 0 fully saturated rings. The second kappa shape index (κ2) is 10.2. The van der Waals surface area contributed by atoms with Crippen LogP contribution in [0.4, 0.5) is 5.69 Å². The fraction of sp³-hybridized carbons (Fsp3) is 0.200. The first-order valence-electron chi connectivity index (χ1n) is 10.6. The number of hydrogen-bond acceptors (Lipinski definition) is 6. The number of hydrogen-bond donors (Lipinski definition) is 1. The molecule has 1 heterocycles. The lowest BCUT2D eigenvalue weighted by Gasteiger charge is -2.22. The van der Waals surface area contributed by atoms with E-state index in [1.165, 1.54) is 23.1 Å². The van der Waals surface area contributed by atoms with Crippen LogP contribution in [-0.4, -0.2) is 37.5 Å². The van der Waals surface area contributed by atoms with Crippen molar-refractivity contribution in [3.63, 3.8) is 0 Å². The van der Waals surface area contributed by atoms with Crippen LogP contribution < -0.4 is 0 Å². The number of nitro benzene ring substituents is 1. The number of non-ortho nitro benzene ring substituents is 1. The van der Waals surface area contributed by atoms with Gasteiger partial charge in [0.15, 0.2) is 5.82 Å². The van der Waals surface area contributed by atoms with Crippen LogP contribution in [0.1, 0.15) is 22.8 Å². The molecule has 33 heavy (non-hydrogen) atoms. The van der Waals surface area contributed by atoms with E-state index in [1.807, 2.05) is 61.5 Å². The summed E-state index contributed by atoms with van der Waals surface area (Å²) in [5.74, 6) is 0.431. The van der Waals surface area contributed by atoms with Crippen molar-refractivity contribution in [2.24, 2.45) is 0 Å². The van der Waals surface area contributed by atoms with E-state index in [0.29, 0.717) is 11.4 Å². The second-order valence-corrected chi connectivity index (χ2v) is 7.73. The summed E-state index contributed by atoms with van der Waals surface area (Å²) in [4.78, 5) is 14.6. The van der Waals surface area contributed by atoms with Gasteiger partial charge in [-0.15, -0.1) is 0 Å². The number of benzene rings is 3. The Hall–Kier alpha value is -3.88. The van der Waals surface area contributed by atoms with Gasteiger partial charge >= 0.3 is 0 Å². The van der Waals surface area contributed by atoms with Crippen molar-refractivity contribution in [2.75, 3.05) is 6.61 Å². The molecular formula is C25H24N4O4. The first-order chi connectivity index (χ1) is 16.0. The normalized spacial score (nSPS) is 12.9. The molecule has 168 valence electrons. The Bertz CT molecular complexity index is 1210. The highest BCUT2D eigenvalue weighted by atomic mass is 16.6. The molecule has 0 aliphatic heterocycles. The zero-order valence-corrected chi connectivity index (χ0v) is 18.1. The summed E-state index contributed by atoms with van der Waals surface area (Å²) < 4.78 is 7.72. The largest absolute Gasteiger partial charge is 0.389 e. The van der Waals surface area contributed by atoms with Crippen LogP contribution in [0, 0.1) is 17.0 Å². The smallest absolute Gasteiger partial charge is 0.269 e. The molecule has 0 saturated carbocycles. The van der Waals surface area contributed by atoms with Crippen molar-refractivity contribution < 1.29 is 14.8 Å². The number of nitro groups is 1. The van der Waals surface area contributed by atoms with Gasteiger partial charge in [-0.2, -0.15) is 5.10 Å². The van der Waals surface area contributed by atoms with Gasteiger partial charge in [0.25, 0.3) is 5.69 Å². The van der Waals surface area contributed by atoms with E-state index in [1.54, 1.807) is 12.1 Å². The van der Waals surface area contributed by atoms with Gasteiger partial charge in [0.2, 0.25) is 0 Å². The molecule has 0 bridgehead atoms. The fourth-order valence-corrected chi connectivity index (χ4v) is 3.60. The van der Waals surface area contributed by atoms with Crippen molar-refractivity contribution >= 4 is 5.69 Å². The number of ether oxygens (including phenoxy) is 1. The van der Waals surface area contributed by atoms with Gasteiger partial charge in [-0.3, -0.25) is 10.1 Å². The third-order valence-corrected chi connectivity index (χ3v) is 5.30. The highest BCUT2D eigenvalue weighted by Crippen LogP contribution is 2.28. The predicted molar refractivity (Wildman–Crippen MR) is 124 cm³/mol. The molecule has 1 N–H and O–H groups in total. The van der Waals surface area contributed by atoms with Crippen molar-refractivity contribution in [1.29, 1.82) is 0 Å². The molecule has 4 rings (SSSR count). The van der Waals surface area contributed by atoms with Gasteiger partial charge in [-0.05, 0) is 35.7 Å². The first kappa shape index (κ1) is 22.3. The lowest BCUT2D eigenvalue weighted by atomic mass is 9.97. The number of rotatable bonds is 9. The number of aliphatic hydroxyl groups is 1. The first-order valence-corrected chi connectivity index (χ1v) is 10.6. The number of aryl methyl sites for hydroxylation is 1. The van der Waals surface area contributed by atoms with E-state index >= 15 is 0 Å². The lowest BCUT2D eigenvalue weighted by molar-refractivity contribution is -0.384. The van der Waals surface area contributed by atoms with Crippen molar-refractivity contribution in [3.05, 3.63) is 112 Å². The predicted octanol–water partition coefficient (Wildman–Crippen LogP) is 4.33. The summed E-state index contributed by atoms with van der Waals surface area (Å²) in [6, 6.07) is 24.0. The molecule has 3 aromatic carbocycles. The van der Waals surface area contributed by atoms with Gasteiger partial charge in [-0.25, -0.2) is 9.67 Å². The van der Waals surface area contributed by atoms with Gasteiger partial charge in [-0.1, -0.05) is 54.6 Å². The molecule has 8 heteroatoms. The Kier molecular flexibility index (Phi) is 6.87. The molecular weight excluding hydrogens is 420 g/mol. The van der Waals surface area contributed by atoms with Crippen LogP contribution in [0.3, 0.4) is 0 Å². The van der Waals surface area contributed by atoms with E-state index in [0.717, 1.165) is 16.7 Å². The quantitative estimate of drug-likeness (QED) is 0.304. The Balaban J connectivity index is 1.42. The van der Waals surface area contributed by atoms with E-state index in [9.17, 15) is 15.2 Å². The fourth-order valence-electron chi connectivity index (χ4n) is 3.60. The summed E-state index contributed by atoms with van der Waals surface area (Å²) in [5, 5.41) is 25.8. The molecule has 0 amide bonds. The monoisotopic (exact) mass is 444 g/mol. The molecule has 2 unspecified atom stereocenters. The summed E-state index contributed by atoms with van der Waals surface area (Å²) in [6.07, 6.45) is 0.427. The highest BCUT2D eigenvalue weighted by Gasteiger charge is 2.19. The van der Waals surface area contributed by atoms with Gasteiger partial charge in [0.1, 0.15) is 12.4 Å². The third-order valence-electron chi connectivity index (χ3n) is 5.30. The van der Waals surface area contributed by atoms with Gasteiger partial charge in [0, 0.05) is 17.7 Å². The lowest BCUT2D eigenvalue weighted by Crippen LogP contribution is -2.24. The SMILES string of the molecule is Cc1ccccc1C(OCC(O)Cn1cnc(-c2ccc([N+](=O)[O-])cc2)n1)c1ccccc1. The standard InChI is InChI=1S/C25H24N4O4/c1-18-7-5-6-10-23(18)24(19-8-3-2-4-9-19)33-16-22(30)15-28-17-26-25(27-28)20-11-13-21(14-12-20)29(31)32/h2-14,17,22,24,30H,15-16H2,1H3. The van der Waals surface area contributed by atoms with Crippen LogP contribution in [0.5, 0.6) is 0 Å². The molecule has 0 spiro atoms. The number of aromatic nitrogens is 3. The van der Waals surface area contributed by atoms with E-state index < -0.39 is 11.0 Å². The van der Waals surface area contributed by atoms with Gasteiger partial charge in [0.05, 0.1) is 24.2 Å². The molecule has 8 nitrogen and oxygen atoms in total. The number of aliphatic hydroxyl groups excluding tert-OH is 1. The maximum absolute atomic E-state index is 10.8. The van der Waals surface area contributed by atoms with E-state index in [2.05, 4.69) is 10.1 Å². The molecule has 4 aromatic rings. The average Bonchev–Trinajstić information content (AvgIpc) is 3.29. The Morgan fingerprint density at radius 1 is 1.03 bits per heavy atom. The minimum Gasteiger partial charge on any atom is -0.389 e. The minimum absolute atomic E-state index is 0.00683. The van der Waals surface area contributed by atoms with Crippen molar-refractivity contribution in [1.82, 2.24) is 14.8 Å². The van der Waals surface area contributed by atoms with Crippen LogP contribution >= 0.6 is 0 Å². The zero-order chi connectivity index (χ0) is 23.2. The summed E-state index contributed by atoms with van der Waals surface area (Å²) >= 11 is 0. The molecule has 1 aromatic heterocycles. The maximum Gasteiger partial charge on any atom is 0.269 e. The average molecular weight is 444 g/mol. The Morgan fingerprint density at radius 3 is 2.42 bits per heavy atom. The topological polar surface area (TPSA) is 103 Å². The molecule has 0 aliphatic carbocycles. The van der Waals surface area contributed by atoms with Crippen molar-refractivity contribution in [3.8, 4) is 11.4 Å². The summed E-state index contributed by atoms with van der Waals surface area (Å²) in [5.41, 5.74) is 3.85. The third kappa shape index (κ3) is 5.49. The highest BCUT2D eigenvalue weighted by molar-refractivity contribution is 5.56. The van der Waals surface area contributed by atoms with E-state index in [-0.39, 0.29) is 24.9 Å². The van der Waals surface area contributed by atoms with Crippen LogP contribution in [-0.2, 0) is 11.3 Å². The van der Waals surface area contributed by atoms with Crippen LogP contribution in [0.2, 0.25) is 0 Å². The Morgan fingerprint density at radius 2 is 1.73 bits per heavy atom. The molecule has 0 radical (unpaired) electrons. The second-order valence-electron chi connectivity index (χ2n) is 7.73. The minimum atomic E-state index is -0.799.